The van der Waals surface area contributed by atoms with Crippen LogP contribution in [-0.2, 0) is 5.60 Å². The first-order valence-corrected chi connectivity index (χ1v) is 11.4. The molecular weight excluding hydrogens is 382 g/mol. The van der Waals surface area contributed by atoms with Gasteiger partial charge in [-0.3, -0.25) is 4.99 Å². The van der Waals surface area contributed by atoms with Crippen LogP contribution in [-0.4, -0.2) is 49.1 Å². The molecule has 1 aliphatic heterocycles. The zero-order valence-corrected chi connectivity index (χ0v) is 19.0. The number of halogens is 1. The van der Waals surface area contributed by atoms with E-state index in [4.69, 9.17) is 11.6 Å². The second-order valence-corrected chi connectivity index (χ2v) is 8.73. The molecule has 0 bridgehead atoms. The van der Waals surface area contributed by atoms with Crippen LogP contribution in [0.4, 0.5) is 0 Å². The summed E-state index contributed by atoms with van der Waals surface area (Å²) in [6, 6.07) is 7.67. The third kappa shape index (κ3) is 8.12. The van der Waals surface area contributed by atoms with Gasteiger partial charge in [0.25, 0.3) is 0 Å². The van der Waals surface area contributed by atoms with Crippen LogP contribution in [0.25, 0.3) is 0 Å². The molecule has 1 fully saturated rings. The molecule has 1 aliphatic rings. The minimum absolute atomic E-state index is 0.665. The van der Waals surface area contributed by atoms with Crippen molar-refractivity contribution in [2.24, 2.45) is 4.99 Å². The molecule has 0 atom stereocenters. The van der Waals surface area contributed by atoms with Crippen LogP contribution in [0.3, 0.4) is 0 Å². The van der Waals surface area contributed by atoms with Crippen molar-refractivity contribution >= 4 is 17.4 Å². The number of benzene rings is 1. The molecule has 2 rings (SSSR count). The fourth-order valence-electron chi connectivity index (χ4n) is 3.97. The number of aliphatic imine (C=N–C) groups is 1. The average Bonchev–Trinajstić information content (AvgIpc) is 2.70. The lowest BCUT2D eigenvalue weighted by atomic mass is 9.84. The van der Waals surface area contributed by atoms with Gasteiger partial charge in [0, 0.05) is 43.7 Å². The first-order valence-electron chi connectivity index (χ1n) is 11.0. The second kappa shape index (κ2) is 12.4. The van der Waals surface area contributed by atoms with Gasteiger partial charge in [-0.1, -0.05) is 41.8 Å². The van der Waals surface area contributed by atoms with Crippen molar-refractivity contribution in [3.63, 3.8) is 0 Å². The number of unbranched alkanes of at least 4 members (excludes halogenated alkanes) is 2. The molecular formula is C24H38ClN3O. The van der Waals surface area contributed by atoms with Gasteiger partial charge >= 0.3 is 0 Å². The third-order valence-electron chi connectivity index (χ3n) is 5.83. The summed E-state index contributed by atoms with van der Waals surface area (Å²) >= 11 is 6.30. The van der Waals surface area contributed by atoms with Gasteiger partial charge < -0.3 is 15.3 Å². The monoisotopic (exact) mass is 419 g/mol. The van der Waals surface area contributed by atoms with Gasteiger partial charge in [-0.2, -0.15) is 0 Å². The average molecular weight is 420 g/mol. The highest BCUT2D eigenvalue weighted by Crippen LogP contribution is 2.36. The summed E-state index contributed by atoms with van der Waals surface area (Å²) in [5.74, 6) is 1.11. The molecule has 0 aliphatic carbocycles. The van der Waals surface area contributed by atoms with E-state index in [9.17, 15) is 5.11 Å². The van der Waals surface area contributed by atoms with Gasteiger partial charge in [-0.05, 0) is 58.1 Å². The highest BCUT2D eigenvalue weighted by atomic mass is 35.5. The second-order valence-electron chi connectivity index (χ2n) is 8.32. The number of amidine groups is 1. The highest BCUT2D eigenvalue weighted by molar-refractivity contribution is 6.31. The predicted octanol–water partition coefficient (Wildman–Crippen LogP) is 5.16. The number of allylic oxidation sites excluding steroid dienone is 1. The van der Waals surface area contributed by atoms with Gasteiger partial charge in [0.1, 0.15) is 0 Å². The molecule has 1 heterocycles. The SMILES string of the molecule is C=C(C)CCCCCNC(CCCN1CCC(O)(c2ccccc2Cl)CC1)=NC. The number of hydrogen-bond acceptors (Lipinski definition) is 3. The summed E-state index contributed by atoms with van der Waals surface area (Å²) in [6.07, 6.45) is 8.30. The van der Waals surface area contributed by atoms with Crippen molar-refractivity contribution in [1.29, 1.82) is 0 Å². The summed E-state index contributed by atoms with van der Waals surface area (Å²) in [5, 5.41) is 15.2. The molecule has 1 aromatic carbocycles. The minimum atomic E-state index is -0.795. The lowest BCUT2D eigenvalue weighted by molar-refractivity contribution is -0.0258. The van der Waals surface area contributed by atoms with E-state index in [1.165, 1.54) is 24.8 Å². The first kappa shape index (κ1) is 23.9. The Kier molecular flexibility index (Phi) is 10.2. The van der Waals surface area contributed by atoms with E-state index in [1.807, 2.05) is 31.3 Å². The maximum Gasteiger partial charge on any atom is 0.0960 e. The minimum Gasteiger partial charge on any atom is -0.385 e. The summed E-state index contributed by atoms with van der Waals surface area (Å²) in [4.78, 5) is 6.85. The predicted molar refractivity (Wildman–Crippen MR) is 125 cm³/mol. The molecule has 0 aromatic heterocycles. The number of aliphatic hydroxyl groups is 1. The summed E-state index contributed by atoms with van der Waals surface area (Å²) < 4.78 is 0. The summed E-state index contributed by atoms with van der Waals surface area (Å²) in [5.41, 5.74) is 1.35. The third-order valence-corrected chi connectivity index (χ3v) is 6.16. The molecule has 162 valence electrons. The lowest BCUT2D eigenvalue weighted by Gasteiger charge is -2.39. The smallest absolute Gasteiger partial charge is 0.0960 e. The van der Waals surface area contributed by atoms with Gasteiger partial charge in [-0.15, -0.1) is 6.58 Å². The Balaban J connectivity index is 1.63. The molecule has 0 spiro atoms. The fraction of sp³-hybridized carbons (Fsp3) is 0.625. The maximum absolute atomic E-state index is 11.0. The zero-order valence-electron chi connectivity index (χ0n) is 18.2. The molecule has 4 nitrogen and oxygen atoms in total. The molecule has 1 aromatic rings. The Morgan fingerprint density at radius 3 is 2.55 bits per heavy atom. The topological polar surface area (TPSA) is 47.9 Å². The summed E-state index contributed by atoms with van der Waals surface area (Å²) in [7, 11) is 1.87. The van der Waals surface area contributed by atoms with E-state index >= 15 is 0 Å². The number of hydrogen-bond donors (Lipinski definition) is 2. The van der Waals surface area contributed by atoms with Crippen molar-refractivity contribution in [1.82, 2.24) is 10.2 Å². The molecule has 0 saturated carbocycles. The van der Waals surface area contributed by atoms with E-state index in [2.05, 4.69) is 28.7 Å². The first-order chi connectivity index (χ1) is 13.9. The van der Waals surface area contributed by atoms with E-state index in [0.717, 1.165) is 69.7 Å². The standard InChI is InChI=1S/C24H38ClN3O/c1-20(2)10-5-4-8-16-27-23(26-3)13-9-17-28-18-14-24(29,15-19-28)21-11-6-7-12-22(21)25/h6-7,11-12,29H,1,4-5,8-10,13-19H2,2-3H3,(H,26,27). The van der Waals surface area contributed by atoms with Gasteiger partial charge in [-0.25, -0.2) is 0 Å². The molecule has 5 heteroatoms. The molecule has 2 N–H and O–H groups in total. The van der Waals surface area contributed by atoms with E-state index in [-0.39, 0.29) is 0 Å². The van der Waals surface area contributed by atoms with Crippen LogP contribution in [0, 0.1) is 0 Å². The van der Waals surface area contributed by atoms with Crippen LogP contribution < -0.4 is 5.32 Å². The fourth-order valence-corrected chi connectivity index (χ4v) is 4.28. The molecule has 1 saturated heterocycles. The van der Waals surface area contributed by atoms with Crippen molar-refractivity contribution in [2.45, 2.75) is 63.9 Å². The molecule has 0 radical (unpaired) electrons. The van der Waals surface area contributed by atoms with Crippen molar-refractivity contribution in [2.75, 3.05) is 33.2 Å². The van der Waals surface area contributed by atoms with Gasteiger partial charge in [0.05, 0.1) is 11.4 Å². The molecule has 29 heavy (non-hydrogen) atoms. The number of nitrogens with zero attached hydrogens (tertiary/aromatic N) is 2. The number of likely N-dealkylation sites (tertiary alicyclic amines) is 1. The van der Waals surface area contributed by atoms with Crippen molar-refractivity contribution in [3.8, 4) is 0 Å². The Morgan fingerprint density at radius 1 is 1.17 bits per heavy atom. The van der Waals surface area contributed by atoms with Crippen LogP contribution in [0.1, 0.15) is 63.9 Å². The van der Waals surface area contributed by atoms with Crippen LogP contribution in [0.15, 0.2) is 41.4 Å². The normalized spacial score (nSPS) is 17.3. The van der Waals surface area contributed by atoms with Gasteiger partial charge in [0.2, 0.25) is 0 Å². The van der Waals surface area contributed by atoms with Gasteiger partial charge in [0.15, 0.2) is 0 Å². The van der Waals surface area contributed by atoms with E-state index in [0.29, 0.717) is 5.02 Å². The number of rotatable bonds is 11. The number of nitrogens with one attached hydrogen (secondary N) is 1. The van der Waals surface area contributed by atoms with Crippen LogP contribution >= 0.6 is 11.6 Å². The van der Waals surface area contributed by atoms with Crippen molar-refractivity contribution < 1.29 is 5.11 Å². The van der Waals surface area contributed by atoms with Crippen LogP contribution in [0.2, 0.25) is 5.02 Å². The lowest BCUT2D eigenvalue weighted by Crippen LogP contribution is -2.43. The Hall–Kier alpha value is -1.36. The largest absolute Gasteiger partial charge is 0.385 e. The Morgan fingerprint density at radius 2 is 1.90 bits per heavy atom. The van der Waals surface area contributed by atoms with E-state index < -0.39 is 5.60 Å². The van der Waals surface area contributed by atoms with E-state index in [1.54, 1.807) is 0 Å². The molecule has 0 amide bonds. The Bertz CT molecular complexity index is 666. The highest BCUT2D eigenvalue weighted by Gasteiger charge is 2.35. The Labute approximate surface area is 182 Å². The number of piperidine rings is 1. The summed E-state index contributed by atoms with van der Waals surface area (Å²) in [6.45, 7) is 9.89. The molecule has 0 unspecified atom stereocenters. The van der Waals surface area contributed by atoms with Crippen molar-refractivity contribution in [3.05, 3.63) is 47.0 Å². The maximum atomic E-state index is 11.0. The quantitative estimate of drug-likeness (QED) is 0.225. The van der Waals surface area contributed by atoms with Crippen LogP contribution in [0.5, 0.6) is 0 Å². The zero-order chi connectivity index (χ0) is 21.1.